The molecule has 0 aromatic heterocycles. The van der Waals surface area contributed by atoms with Crippen molar-refractivity contribution >= 4 is 5.69 Å². The SMILES string of the molecule is C[C@H]([NH])c1ccc(N)cc1. The number of nitrogens with two attached hydrogens (primary N) is 1. The first kappa shape index (κ1) is 7.09. The van der Waals surface area contributed by atoms with Crippen molar-refractivity contribution in [1.82, 2.24) is 5.73 Å². The van der Waals surface area contributed by atoms with Crippen molar-refractivity contribution in [2.75, 3.05) is 5.73 Å². The second-order valence-electron chi connectivity index (χ2n) is 2.39. The van der Waals surface area contributed by atoms with Gasteiger partial charge >= 0.3 is 0 Å². The number of hydrogen-bond donors (Lipinski definition) is 1. The fraction of sp³-hybridized carbons (Fsp3) is 0.250. The van der Waals surface area contributed by atoms with Crippen LogP contribution in [0.25, 0.3) is 0 Å². The molecule has 0 unspecified atom stereocenters. The Bertz CT molecular complexity index is 201. The maximum Gasteiger partial charge on any atom is 0.0434 e. The Morgan fingerprint density at radius 2 is 1.80 bits per heavy atom. The summed E-state index contributed by atoms with van der Waals surface area (Å²) in [5.41, 5.74) is 14.6. The van der Waals surface area contributed by atoms with Crippen molar-refractivity contribution in [3.8, 4) is 0 Å². The van der Waals surface area contributed by atoms with Crippen LogP contribution >= 0.6 is 0 Å². The minimum atomic E-state index is -0.152. The van der Waals surface area contributed by atoms with Gasteiger partial charge in [0.05, 0.1) is 0 Å². The summed E-state index contributed by atoms with van der Waals surface area (Å²) in [5.74, 6) is 0. The highest BCUT2D eigenvalue weighted by molar-refractivity contribution is 5.39. The molecule has 0 saturated heterocycles. The summed E-state index contributed by atoms with van der Waals surface area (Å²) in [6, 6.07) is 7.25. The Morgan fingerprint density at radius 1 is 1.30 bits per heavy atom. The van der Waals surface area contributed by atoms with Crippen molar-refractivity contribution in [3.63, 3.8) is 0 Å². The van der Waals surface area contributed by atoms with Crippen LogP contribution < -0.4 is 11.5 Å². The molecule has 0 fully saturated rings. The van der Waals surface area contributed by atoms with Crippen LogP contribution in [0.2, 0.25) is 0 Å². The molecular formula is C8H11N2. The summed E-state index contributed by atoms with van der Waals surface area (Å²) < 4.78 is 0. The second-order valence-corrected chi connectivity index (χ2v) is 2.39. The molecular weight excluding hydrogens is 124 g/mol. The van der Waals surface area contributed by atoms with E-state index in [9.17, 15) is 0 Å². The zero-order valence-electron chi connectivity index (χ0n) is 5.96. The number of nitrogen functional groups attached to an aromatic ring is 1. The van der Waals surface area contributed by atoms with E-state index in [4.69, 9.17) is 11.5 Å². The summed E-state index contributed by atoms with van der Waals surface area (Å²) in [6.45, 7) is 1.84. The summed E-state index contributed by atoms with van der Waals surface area (Å²) in [4.78, 5) is 0. The van der Waals surface area contributed by atoms with E-state index in [0.29, 0.717) is 0 Å². The van der Waals surface area contributed by atoms with E-state index in [0.717, 1.165) is 11.3 Å². The van der Waals surface area contributed by atoms with Crippen LogP contribution in [-0.4, -0.2) is 0 Å². The van der Waals surface area contributed by atoms with Gasteiger partial charge in [0.2, 0.25) is 0 Å². The van der Waals surface area contributed by atoms with Gasteiger partial charge in [-0.25, -0.2) is 0 Å². The molecule has 0 spiro atoms. The third-order valence-electron chi connectivity index (χ3n) is 1.44. The molecule has 1 aromatic carbocycles. The molecule has 10 heavy (non-hydrogen) atoms. The monoisotopic (exact) mass is 135 g/mol. The average molecular weight is 135 g/mol. The molecule has 1 radical (unpaired) electrons. The molecule has 0 saturated carbocycles. The lowest BCUT2D eigenvalue weighted by molar-refractivity contribution is 0.788. The zero-order chi connectivity index (χ0) is 7.56. The number of hydrogen-bond acceptors (Lipinski definition) is 1. The van der Waals surface area contributed by atoms with Crippen LogP contribution in [0.5, 0.6) is 0 Å². The maximum absolute atomic E-state index is 7.35. The van der Waals surface area contributed by atoms with Gasteiger partial charge in [-0.2, -0.15) is 0 Å². The summed E-state index contributed by atoms with van der Waals surface area (Å²) in [7, 11) is 0. The molecule has 3 N–H and O–H groups in total. The van der Waals surface area contributed by atoms with Crippen molar-refractivity contribution in [3.05, 3.63) is 29.8 Å². The smallest absolute Gasteiger partial charge is 0.0434 e. The van der Waals surface area contributed by atoms with Gasteiger partial charge in [0, 0.05) is 11.7 Å². The molecule has 0 aliphatic heterocycles. The number of benzene rings is 1. The van der Waals surface area contributed by atoms with Crippen LogP contribution in [0.15, 0.2) is 24.3 Å². The van der Waals surface area contributed by atoms with E-state index < -0.39 is 0 Å². The fourth-order valence-electron chi connectivity index (χ4n) is 0.785. The Balaban J connectivity index is 2.89. The quantitative estimate of drug-likeness (QED) is 0.584. The minimum Gasteiger partial charge on any atom is -0.399 e. The Morgan fingerprint density at radius 3 is 2.20 bits per heavy atom. The van der Waals surface area contributed by atoms with E-state index >= 15 is 0 Å². The Labute approximate surface area is 60.8 Å². The molecule has 1 rings (SSSR count). The Kier molecular flexibility index (Phi) is 1.92. The zero-order valence-corrected chi connectivity index (χ0v) is 5.96. The van der Waals surface area contributed by atoms with Gasteiger partial charge < -0.3 is 5.73 Å². The maximum atomic E-state index is 7.35. The van der Waals surface area contributed by atoms with Gasteiger partial charge in [-0.1, -0.05) is 12.1 Å². The predicted molar refractivity (Wildman–Crippen MR) is 42.4 cm³/mol. The topological polar surface area (TPSA) is 49.8 Å². The molecule has 0 aliphatic carbocycles. The molecule has 0 heterocycles. The van der Waals surface area contributed by atoms with Gasteiger partial charge in [0.15, 0.2) is 0 Å². The summed E-state index contributed by atoms with van der Waals surface area (Å²) in [6.07, 6.45) is 0. The summed E-state index contributed by atoms with van der Waals surface area (Å²) in [5, 5.41) is 0. The number of rotatable bonds is 1. The number of anilines is 1. The van der Waals surface area contributed by atoms with Crippen LogP contribution in [0, 0.1) is 0 Å². The highest BCUT2D eigenvalue weighted by atomic mass is 14.6. The molecule has 1 aromatic rings. The molecule has 2 heteroatoms. The fourth-order valence-corrected chi connectivity index (χ4v) is 0.785. The highest BCUT2D eigenvalue weighted by Crippen LogP contribution is 2.12. The van der Waals surface area contributed by atoms with E-state index in [-0.39, 0.29) is 6.04 Å². The third-order valence-corrected chi connectivity index (χ3v) is 1.44. The minimum absolute atomic E-state index is 0.152. The van der Waals surface area contributed by atoms with Crippen molar-refractivity contribution < 1.29 is 0 Å². The van der Waals surface area contributed by atoms with Crippen LogP contribution in [0.1, 0.15) is 18.5 Å². The van der Waals surface area contributed by atoms with E-state index in [1.54, 1.807) is 0 Å². The van der Waals surface area contributed by atoms with Crippen molar-refractivity contribution in [1.29, 1.82) is 0 Å². The lowest BCUT2D eigenvalue weighted by Crippen LogP contribution is -1.93. The molecule has 53 valence electrons. The van der Waals surface area contributed by atoms with Crippen LogP contribution in [0.3, 0.4) is 0 Å². The predicted octanol–water partition coefficient (Wildman–Crippen LogP) is 1.61. The Hall–Kier alpha value is -1.02. The lowest BCUT2D eigenvalue weighted by atomic mass is 10.1. The van der Waals surface area contributed by atoms with E-state index in [2.05, 4.69) is 0 Å². The first-order valence-corrected chi connectivity index (χ1v) is 3.26. The van der Waals surface area contributed by atoms with E-state index in [1.807, 2.05) is 31.2 Å². The average Bonchev–Trinajstić information content (AvgIpc) is 1.88. The first-order chi connectivity index (χ1) is 4.70. The first-order valence-electron chi connectivity index (χ1n) is 3.26. The summed E-state index contributed by atoms with van der Waals surface area (Å²) >= 11 is 0. The molecule has 0 aliphatic rings. The standard InChI is InChI=1S/C8H11N2/c1-6(9)7-2-4-8(10)5-3-7/h2-6,9H,10H2,1H3/t6-/m0/s1. The number of nitrogens with one attached hydrogen (secondary N) is 1. The van der Waals surface area contributed by atoms with Gasteiger partial charge in [0.25, 0.3) is 0 Å². The van der Waals surface area contributed by atoms with Crippen molar-refractivity contribution in [2.24, 2.45) is 0 Å². The van der Waals surface area contributed by atoms with Crippen molar-refractivity contribution in [2.45, 2.75) is 13.0 Å². The van der Waals surface area contributed by atoms with E-state index in [1.165, 1.54) is 0 Å². The second kappa shape index (κ2) is 2.71. The molecule has 0 bridgehead atoms. The largest absolute Gasteiger partial charge is 0.399 e. The normalized spacial score (nSPS) is 13.0. The lowest BCUT2D eigenvalue weighted by Gasteiger charge is -2.02. The third kappa shape index (κ3) is 1.48. The molecule has 0 amide bonds. The van der Waals surface area contributed by atoms with Crippen LogP contribution in [-0.2, 0) is 0 Å². The highest BCUT2D eigenvalue weighted by Gasteiger charge is 1.96. The molecule has 2 nitrogen and oxygen atoms in total. The van der Waals surface area contributed by atoms with Gasteiger partial charge in [-0.3, -0.25) is 5.73 Å². The van der Waals surface area contributed by atoms with Gasteiger partial charge in [0.1, 0.15) is 0 Å². The van der Waals surface area contributed by atoms with Gasteiger partial charge in [-0.05, 0) is 24.6 Å². The molecule has 1 atom stereocenters. The van der Waals surface area contributed by atoms with Gasteiger partial charge in [-0.15, -0.1) is 0 Å². The van der Waals surface area contributed by atoms with Crippen LogP contribution in [0.4, 0.5) is 5.69 Å².